The molecule has 0 aliphatic carbocycles. The van der Waals surface area contributed by atoms with Gasteiger partial charge in [-0.1, -0.05) is 0 Å². The number of hydrogen-bond acceptors (Lipinski definition) is 4. The summed E-state index contributed by atoms with van der Waals surface area (Å²) in [5.41, 5.74) is 6.19. The Morgan fingerprint density at radius 1 is 1.57 bits per heavy atom. The third kappa shape index (κ3) is 1.85. The highest BCUT2D eigenvalue weighted by Gasteiger charge is 2.10. The van der Waals surface area contributed by atoms with Crippen LogP contribution in [0.1, 0.15) is 15.9 Å². The van der Waals surface area contributed by atoms with E-state index in [1.165, 1.54) is 13.2 Å². The van der Waals surface area contributed by atoms with E-state index in [2.05, 4.69) is 0 Å². The summed E-state index contributed by atoms with van der Waals surface area (Å²) in [6.07, 6.45) is 0. The fourth-order valence-corrected chi connectivity index (χ4v) is 1.16. The highest BCUT2D eigenvalue weighted by atomic mass is 16.5. The van der Waals surface area contributed by atoms with Crippen LogP contribution >= 0.6 is 0 Å². The lowest BCUT2D eigenvalue weighted by Gasteiger charge is -2.08. The zero-order chi connectivity index (χ0) is 10.7. The highest BCUT2D eigenvalue weighted by molar-refractivity contribution is 5.98. The van der Waals surface area contributed by atoms with Gasteiger partial charge in [-0.3, -0.25) is 4.79 Å². The monoisotopic (exact) mass is 195 g/mol. The van der Waals surface area contributed by atoms with Crippen molar-refractivity contribution < 1.29 is 14.6 Å². The number of phenolic OH excluding ortho intramolecular Hbond substituents is 1. The topological polar surface area (TPSA) is 72.5 Å². The minimum atomic E-state index is -0.224. The first kappa shape index (κ1) is 10.5. The molecule has 0 spiro atoms. The van der Waals surface area contributed by atoms with Crippen LogP contribution in [0.4, 0.5) is 0 Å². The average molecular weight is 195 g/mol. The summed E-state index contributed by atoms with van der Waals surface area (Å²) in [5, 5.41) is 9.48. The van der Waals surface area contributed by atoms with E-state index in [4.69, 9.17) is 10.5 Å². The van der Waals surface area contributed by atoms with Crippen LogP contribution in [0, 0.1) is 6.92 Å². The Hall–Kier alpha value is -1.55. The molecule has 14 heavy (non-hydrogen) atoms. The third-order valence-corrected chi connectivity index (χ3v) is 2.06. The van der Waals surface area contributed by atoms with E-state index in [-0.39, 0.29) is 18.1 Å². The highest BCUT2D eigenvalue weighted by Crippen LogP contribution is 2.28. The predicted molar refractivity (Wildman–Crippen MR) is 52.8 cm³/mol. The molecular formula is C10H13NO3. The fourth-order valence-electron chi connectivity index (χ4n) is 1.16. The van der Waals surface area contributed by atoms with Gasteiger partial charge >= 0.3 is 0 Å². The zero-order valence-electron chi connectivity index (χ0n) is 8.20. The molecule has 1 aromatic rings. The van der Waals surface area contributed by atoms with Gasteiger partial charge in [0.05, 0.1) is 13.7 Å². The number of ether oxygens (including phenoxy) is 1. The van der Waals surface area contributed by atoms with E-state index >= 15 is 0 Å². The van der Waals surface area contributed by atoms with Gasteiger partial charge in [-0.2, -0.15) is 0 Å². The number of rotatable bonds is 3. The molecular weight excluding hydrogens is 182 g/mol. The minimum absolute atomic E-state index is 0.0427. The summed E-state index contributed by atoms with van der Waals surface area (Å²) in [4.78, 5) is 11.3. The second kappa shape index (κ2) is 4.11. The van der Waals surface area contributed by atoms with Gasteiger partial charge in [0.2, 0.25) is 0 Å². The van der Waals surface area contributed by atoms with Crippen molar-refractivity contribution in [3.05, 3.63) is 23.3 Å². The number of carbonyl (C=O) groups is 1. The number of hydrogen-bond donors (Lipinski definition) is 2. The van der Waals surface area contributed by atoms with Crippen molar-refractivity contribution in [2.75, 3.05) is 13.7 Å². The van der Waals surface area contributed by atoms with Crippen LogP contribution in [0.3, 0.4) is 0 Å². The minimum Gasteiger partial charge on any atom is -0.508 e. The number of benzene rings is 1. The summed E-state index contributed by atoms with van der Waals surface area (Å²) < 4.78 is 5.01. The molecule has 0 saturated carbocycles. The molecule has 3 N–H and O–H groups in total. The number of phenols is 1. The molecule has 0 bridgehead atoms. The molecule has 0 fully saturated rings. The normalized spacial score (nSPS) is 9.93. The molecule has 0 saturated heterocycles. The van der Waals surface area contributed by atoms with Gasteiger partial charge in [0, 0.05) is 11.1 Å². The smallest absolute Gasteiger partial charge is 0.176 e. The molecule has 0 aliphatic rings. The molecule has 76 valence electrons. The number of aromatic hydroxyl groups is 1. The predicted octanol–water partition coefficient (Wildman–Crippen LogP) is 0.851. The Labute approximate surface area is 82.3 Å². The van der Waals surface area contributed by atoms with E-state index in [1.54, 1.807) is 13.0 Å². The molecule has 0 atom stereocenters. The maximum atomic E-state index is 11.3. The van der Waals surface area contributed by atoms with Crippen molar-refractivity contribution in [3.63, 3.8) is 0 Å². The molecule has 1 rings (SSSR count). The summed E-state index contributed by atoms with van der Waals surface area (Å²) in [5.74, 6) is 0.307. The summed E-state index contributed by atoms with van der Waals surface area (Å²) >= 11 is 0. The van der Waals surface area contributed by atoms with Gasteiger partial charge in [0.15, 0.2) is 5.78 Å². The quantitative estimate of drug-likeness (QED) is 0.701. The van der Waals surface area contributed by atoms with Crippen molar-refractivity contribution in [2.24, 2.45) is 5.73 Å². The Morgan fingerprint density at radius 3 is 2.71 bits per heavy atom. The number of carbonyl (C=O) groups excluding carboxylic acids is 1. The van der Waals surface area contributed by atoms with E-state index in [1.807, 2.05) is 0 Å². The molecule has 1 aromatic carbocycles. The van der Waals surface area contributed by atoms with Crippen LogP contribution in [0.15, 0.2) is 12.1 Å². The van der Waals surface area contributed by atoms with Crippen molar-refractivity contribution in [1.82, 2.24) is 0 Å². The van der Waals surface area contributed by atoms with Gasteiger partial charge in [-0.25, -0.2) is 0 Å². The van der Waals surface area contributed by atoms with Crippen molar-refractivity contribution in [2.45, 2.75) is 6.92 Å². The van der Waals surface area contributed by atoms with Crippen LogP contribution in [-0.4, -0.2) is 24.5 Å². The first-order valence-corrected chi connectivity index (χ1v) is 4.21. The molecule has 4 nitrogen and oxygen atoms in total. The Morgan fingerprint density at radius 2 is 2.21 bits per heavy atom. The maximum Gasteiger partial charge on any atom is 0.176 e. The Balaban J connectivity index is 3.22. The van der Waals surface area contributed by atoms with E-state index in [9.17, 15) is 9.90 Å². The van der Waals surface area contributed by atoms with E-state index < -0.39 is 0 Å². The van der Waals surface area contributed by atoms with Gasteiger partial charge < -0.3 is 15.6 Å². The summed E-state index contributed by atoms with van der Waals surface area (Å²) in [6, 6.07) is 2.97. The Kier molecular flexibility index (Phi) is 3.09. The van der Waals surface area contributed by atoms with E-state index in [0.717, 1.165) is 0 Å². The molecule has 0 heterocycles. The van der Waals surface area contributed by atoms with Crippen molar-refractivity contribution in [3.8, 4) is 11.5 Å². The third-order valence-electron chi connectivity index (χ3n) is 2.06. The molecule has 4 heteroatoms. The lowest BCUT2D eigenvalue weighted by molar-refractivity contribution is 0.100. The number of ketones is 1. The Bertz CT molecular complexity index is 361. The summed E-state index contributed by atoms with van der Waals surface area (Å²) in [7, 11) is 1.48. The average Bonchev–Trinajstić information content (AvgIpc) is 2.20. The van der Waals surface area contributed by atoms with Crippen LogP contribution < -0.4 is 10.5 Å². The van der Waals surface area contributed by atoms with E-state index in [0.29, 0.717) is 16.9 Å². The standard InChI is InChI=1S/C10H13NO3/c1-6-8(12)3-7(9(13)5-11)4-10(6)14-2/h3-4,12H,5,11H2,1-2H3. The molecule has 0 unspecified atom stereocenters. The van der Waals surface area contributed by atoms with Crippen molar-refractivity contribution >= 4 is 5.78 Å². The second-order valence-electron chi connectivity index (χ2n) is 2.95. The zero-order valence-corrected chi connectivity index (χ0v) is 8.20. The molecule has 0 aromatic heterocycles. The molecule has 0 aliphatic heterocycles. The fraction of sp³-hybridized carbons (Fsp3) is 0.300. The first-order chi connectivity index (χ1) is 6.60. The van der Waals surface area contributed by atoms with Gasteiger partial charge in [-0.15, -0.1) is 0 Å². The van der Waals surface area contributed by atoms with Crippen LogP contribution in [-0.2, 0) is 0 Å². The van der Waals surface area contributed by atoms with Crippen LogP contribution in [0.2, 0.25) is 0 Å². The van der Waals surface area contributed by atoms with Gasteiger partial charge in [-0.05, 0) is 19.1 Å². The number of Topliss-reactive ketones (excluding diaryl/α,β-unsaturated/α-hetero) is 1. The van der Waals surface area contributed by atoms with Crippen molar-refractivity contribution in [1.29, 1.82) is 0 Å². The van der Waals surface area contributed by atoms with Gasteiger partial charge in [0.25, 0.3) is 0 Å². The van der Waals surface area contributed by atoms with Crippen LogP contribution in [0.5, 0.6) is 11.5 Å². The SMILES string of the molecule is COc1cc(C(=O)CN)cc(O)c1C. The van der Waals surface area contributed by atoms with Gasteiger partial charge in [0.1, 0.15) is 11.5 Å². The lowest BCUT2D eigenvalue weighted by Crippen LogP contribution is -2.13. The molecule has 0 amide bonds. The number of methoxy groups -OCH3 is 1. The number of nitrogens with two attached hydrogens (primary N) is 1. The largest absolute Gasteiger partial charge is 0.508 e. The van der Waals surface area contributed by atoms with Crippen LogP contribution in [0.25, 0.3) is 0 Å². The second-order valence-corrected chi connectivity index (χ2v) is 2.95. The maximum absolute atomic E-state index is 11.3. The molecule has 0 radical (unpaired) electrons. The first-order valence-electron chi connectivity index (χ1n) is 4.21. The lowest BCUT2D eigenvalue weighted by atomic mass is 10.1. The summed E-state index contributed by atoms with van der Waals surface area (Å²) in [6.45, 7) is 1.64.